The lowest BCUT2D eigenvalue weighted by atomic mass is 10.4. The summed E-state index contributed by atoms with van der Waals surface area (Å²) >= 11 is 0. The van der Waals surface area contributed by atoms with E-state index in [1.54, 1.807) is 17.2 Å². The fraction of sp³-hybridized carbons (Fsp3) is 0.100. The number of nitrogens with zero attached hydrogens (tertiary/aromatic N) is 3. The van der Waals surface area contributed by atoms with Crippen LogP contribution < -0.4 is 5.56 Å². The molecule has 0 aromatic carbocycles. The van der Waals surface area contributed by atoms with E-state index in [4.69, 9.17) is 4.42 Å². The van der Waals surface area contributed by atoms with E-state index < -0.39 is 0 Å². The van der Waals surface area contributed by atoms with Gasteiger partial charge in [0.05, 0.1) is 25.5 Å². The Labute approximate surface area is 89.6 Å². The Bertz CT molecular complexity index is 666. The molecule has 6 heteroatoms. The third kappa shape index (κ3) is 1.31. The van der Waals surface area contributed by atoms with Crippen molar-refractivity contribution in [3.8, 4) is 0 Å². The van der Waals surface area contributed by atoms with Gasteiger partial charge in [-0.05, 0) is 12.1 Å². The minimum Gasteiger partial charge on any atom is -0.467 e. The van der Waals surface area contributed by atoms with Gasteiger partial charge in [-0.3, -0.25) is 4.79 Å². The lowest BCUT2D eigenvalue weighted by Crippen LogP contribution is -2.07. The standard InChI is InChI=1S/C10H8N4O2/c15-10-8-9(11-5-12-10)14(6-13-8)4-7-2-1-3-16-7/h1-3,5-6H,4H2,(H,11,12,15). The molecule has 3 aromatic rings. The van der Waals surface area contributed by atoms with Crippen LogP contribution in [0.15, 0.2) is 40.3 Å². The van der Waals surface area contributed by atoms with Crippen LogP contribution in [0, 0.1) is 0 Å². The van der Waals surface area contributed by atoms with Crippen LogP contribution in [0.5, 0.6) is 0 Å². The molecule has 0 saturated heterocycles. The number of hydrogen-bond acceptors (Lipinski definition) is 4. The number of hydrogen-bond donors (Lipinski definition) is 1. The molecule has 0 saturated carbocycles. The van der Waals surface area contributed by atoms with Crippen LogP contribution >= 0.6 is 0 Å². The molecule has 0 radical (unpaired) electrons. The minimum atomic E-state index is -0.233. The number of aromatic amines is 1. The second-order valence-corrected chi connectivity index (χ2v) is 3.36. The number of rotatable bonds is 2. The monoisotopic (exact) mass is 216 g/mol. The average Bonchev–Trinajstić information content (AvgIpc) is 2.90. The highest BCUT2D eigenvalue weighted by Crippen LogP contribution is 2.08. The summed E-state index contributed by atoms with van der Waals surface area (Å²) in [4.78, 5) is 22.0. The highest BCUT2D eigenvalue weighted by Gasteiger charge is 2.07. The molecule has 3 rings (SSSR count). The predicted octanol–water partition coefficient (Wildman–Crippen LogP) is 0.761. The third-order valence-electron chi connectivity index (χ3n) is 2.31. The first-order valence-corrected chi connectivity index (χ1v) is 4.75. The van der Waals surface area contributed by atoms with Gasteiger partial charge in [0, 0.05) is 0 Å². The number of aromatic nitrogens is 4. The van der Waals surface area contributed by atoms with E-state index in [0.29, 0.717) is 17.7 Å². The lowest BCUT2D eigenvalue weighted by Gasteiger charge is -1.99. The fourth-order valence-corrected chi connectivity index (χ4v) is 1.58. The van der Waals surface area contributed by atoms with E-state index in [1.807, 2.05) is 12.1 Å². The second kappa shape index (κ2) is 3.34. The molecule has 0 atom stereocenters. The first-order chi connectivity index (χ1) is 7.84. The van der Waals surface area contributed by atoms with Gasteiger partial charge in [-0.25, -0.2) is 9.97 Å². The number of furan rings is 1. The van der Waals surface area contributed by atoms with Crippen molar-refractivity contribution in [2.45, 2.75) is 6.54 Å². The first kappa shape index (κ1) is 8.90. The van der Waals surface area contributed by atoms with E-state index in [0.717, 1.165) is 5.76 Å². The molecule has 16 heavy (non-hydrogen) atoms. The molecule has 0 aliphatic rings. The quantitative estimate of drug-likeness (QED) is 0.686. The van der Waals surface area contributed by atoms with Crippen molar-refractivity contribution < 1.29 is 4.42 Å². The zero-order chi connectivity index (χ0) is 11.0. The van der Waals surface area contributed by atoms with Crippen LogP contribution in [-0.2, 0) is 6.54 Å². The Balaban J connectivity index is 2.11. The van der Waals surface area contributed by atoms with Gasteiger partial charge in [-0.1, -0.05) is 0 Å². The number of H-pyrrole nitrogens is 1. The smallest absolute Gasteiger partial charge is 0.278 e. The fourth-order valence-electron chi connectivity index (χ4n) is 1.58. The molecule has 0 aliphatic heterocycles. The van der Waals surface area contributed by atoms with Gasteiger partial charge < -0.3 is 14.0 Å². The summed E-state index contributed by atoms with van der Waals surface area (Å²) in [5.41, 5.74) is 0.664. The Hall–Kier alpha value is -2.37. The molecular formula is C10H8N4O2. The van der Waals surface area contributed by atoms with Crippen molar-refractivity contribution in [3.63, 3.8) is 0 Å². The number of imidazole rings is 1. The van der Waals surface area contributed by atoms with Crippen molar-refractivity contribution in [1.82, 2.24) is 19.5 Å². The van der Waals surface area contributed by atoms with Gasteiger partial charge in [0.25, 0.3) is 5.56 Å². The summed E-state index contributed by atoms with van der Waals surface area (Å²) in [5.74, 6) is 0.793. The van der Waals surface area contributed by atoms with Crippen LogP contribution in [0.1, 0.15) is 5.76 Å². The summed E-state index contributed by atoms with van der Waals surface area (Å²) in [6, 6.07) is 3.67. The van der Waals surface area contributed by atoms with Gasteiger partial charge >= 0.3 is 0 Å². The average molecular weight is 216 g/mol. The minimum absolute atomic E-state index is 0.233. The molecule has 0 bridgehead atoms. The highest BCUT2D eigenvalue weighted by molar-refractivity contribution is 5.68. The largest absolute Gasteiger partial charge is 0.467 e. The summed E-state index contributed by atoms with van der Waals surface area (Å²) in [5, 5.41) is 0. The van der Waals surface area contributed by atoms with Gasteiger partial charge in [-0.15, -0.1) is 0 Å². The Kier molecular flexibility index (Phi) is 1.86. The van der Waals surface area contributed by atoms with Gasteiger partial charge in [0.2, 0.25) is 0 Å². The molecule has 6 nitrogen and oxygen atoms in total. The maximum Gasteiger partial charge on any atom is 0.278 e. The summed E-state index contributed by atoms with van der Waals surface area (Å²) in [6.07, 6.45) is 4.55. The van der Waals surface area contributed by atoms with Gasteiger partial charge in [0.1, 0.15) is 5.76 Å². The summed E-state index contributed by atoms with van der Waals surface area (Å²) in [6.45, 7) is 0.514. The molecule has 3 aromatic heterocycles. The first-order valence-electron chi connectivity index (χ1n) is 4.75. The van der Waals surface area contributed by atoms with Crippen molar-refractivity contribution in [2.75, 3.05) is 0 Å². The summed E-state index contributed by atoms with van der Waals surface area (Å²) in [7, 11) is 0. The van der Waals surface area contributed by atoms with E-state index >= 15 is 0 Å². The van der Waals surface area contributed by atoms with Gasteiger partial charge in [-0.2, -0.15) is 0 Å². The Morgan fingerprint density at radius 1 is 1.44 bits per heavy atom. The van der Waals surface area contributed by atoms with Crippen LogP contribution in [0.4, 0.5) is 0 Å². The third-order valence-corrected chi connectivity index (χ3v) is 2.31. The SMILES string of the molecule is O=c1[nH]cnc2c1ncn2Cc1ccco1. The van der Waals surface area contributed by atoms with Crippen molar-refractivity contribution in [2.24, 2.45) is 0 Å². The topological polar surface area (TPSA) is 76.7 Å². The molecule has 1 N–H and O–H groups in total. The molecule has 0 aliphatic carbocycles. The normalized spacial score (nSPS) is 11.0. The maximum atomic E-state index is 11.4. The van der Waals surface area contributed by atoms with E-state index in [1.165, 1.54) is 6.33 Å². The van der Waals surface area contributed by atoms with Crippen molar-refractivity contribution in [3.05, 3.63) is 47.2 Å². The van der Waals surface area contributed by atoms with Crippen LogP contribution in [-0.4, -0.2) is 19.5 Å². The summed E-state index contributed by atoms with van der Waals surface area (Å²) < 4.78 is 6.99. The Morgan fingerprint density at radius 3 is 3.19 bits per heavy atom. The lowest BCUT2D eigenvalue weighted by molar-refractivity contribution is 0.495. The molecule has 0 fully saturated rings. The van der Waals surface area contributed by atoms with E-state index in [9.17, 15) is 4.79 Å². The van der Waals surface area contributed by atoms with Gasteiger partial charge in [0.15, 0.2) is 11.2 Å². The zero-order valence-electron chi connectivity index (χ0n) is 8.25. The van der Waals surface area contributed by atoms with E-state index in [2.05, 4.69) is 15.0 Å². The second-order valence-electron chi connectivity index (χ2n) is 3.36. The van der Waals surface area contributed by atoms with Crippen molar-refractivity contribution >= 4 is 11.2 Å². The predicted molar refractivity (Wildman–Crippen MR) is 56.0 cm³/mol. The van der Waals surface area contributed by atoms with E-state index in [-0.39, 0.29) is 5.56 Å². The molecular weight excluding hydrogens is 208 g/mol. The van der Waals surface area contributed by atoms with Crippen LogP contribution in [0.2, 0.25) is 0 Å². The molecule has 3 heterocycles. The molecule has 0 unspecified atom stereocenters. The number of fused-ring (bicyclic) bond motifs is 1. The maximum absolute atomic E-state index is 11.4. The zero-order valence-corrected chi connectivity index (χ0v) is 8.25. The number of nitrogens with one attached hydrogen (secondary N) is 1. The highest BCUT2D eigenvalue weighted by atomic mass is 16.3. The van der Waals surface area contributed by atoms with Crippen molar-refractivity contribution in [1.29, 1.82) is 0 Å². The molecule has 80 valence electrons. The van der Waals surface area contributed by atoms with Crippen LogP contribution in [0.3, 0.4) is 0 Å². The molecule has 0 amide bonds. The van der Waals surface area contributed by atoms with Crippen LogP contribution in [0.25, 0.3) is 11.2 Å². The Morgan fingerprint density at radius 2 is 2.38 bits per heavy atom. The molecule has 0 spiro atoms.